The summed E-state index contributed by atoms with van der Waals surface area (Å²) in [4.78, 5) is 25.5. The van der Waals surface area contributed by atoms with E-state index in [4.69, 9.17) is 16.3 Å². The number of hydrogen-bond acceptors (Lipinski definition) is 11. The van der Waals surface area contributed by atoms with Gasteiger partial charge in [0, 0.05) is 41.5 Å². The number of morpholine rings is 1. The summed E-state index contributed by atoms with van der Waals surface area (Å²) in [7, 11) is 0. The molecule has 33 heavy (non-hydrogen) atoms. The molecule has 0 aliphatic carbocycles. The van der Waals surface area contributed by atoms with E-state index in [0.717, 1.165) is 0 Å². The molecule has 1 aliphatic heterocycles. The first-order valence-electron chi connectivity index (χ1n) is 9.86. The largest absolute Gasteiger partial charge is 0.507 e. The van der Waals surface area contributed by atoms with Crippen LogP contribution in [-0.4, -0.2) is 57.5 Å². The summed E-state index contributed by atoms with van der Waals surface area (Å²) in [5, 5.41) is 28.4. The quantitative estimate of drug-likeness (QED) is 0.266. The van der Waals surface area contributed by atoms with Gasteiger partial charge in [-0.05, 0) is 30.3 Å². The summed E-state index contributed by atoms with van der Waals surface area (Å²) >= 11 is 5.96. The number of phenols is 1. The summed E-state index contributed by atoms with van der Waals surface area (Å²) in [6.45, 7) is 2.32. The molecule has 13 heteroatoms. The van der Waals surface area contributed by atoms with E-state index in [-0.39, 0.29) is 23.3 Å². The van der Waals surface area contributed by atoms with Crippen molar-refractivity contribution in [3.8, 4) is 5.75 Å². The Bertz CT molecular complexity index is 1170. The van der Waals surface area contributed by atoms with Crippen molar-refractivity contribution in [3.63, 3.8) is 0 Å². The van der Waals surface area contributed by atoms with Crippen molar-refractivity contribution in [1.29, 1.82) is 0 Å². The Morgan fingerprint density at radius 3 is 2.58 bits per heavy atom. The van der Waals surface area contributed by atoms with Crippen molar-refractivity contribution < 1.29 is 14.8 Å². The Labute approximate surface area is 193 Å². The van der Waals surface area contributed by atoms with Gasteiger partial charge in [-0.3, -0.25) is 10.1 Å². The van der Waals surface area contributed by atoms with E-state index in [1.54, 1.807) is 24.3 Å². The molecule has 0 spiro atoms. The number of aromatic hydroxyl groups is 1. The molecule has 0 unspecified atom stereocenters. The van der Waals surface area contributed by atoms with Crippen molar-refractivity contribution in [3.05, 3.63) is 63.2 Å². The zero-order valence-corrected chi connectivity index (χ0v) is 17.9. The molecule has 1 aromatic heterocycles. The molecule has 1 aliphatic rings. The van der Waals surface area contributed by atoms with Gasteiger partial charge in [0.25, 0.3) is 5.69 Å². The summed E-state index contributed by atoms with van der Waals surface area (Å²) in [6, 6.07) is 10.5. The summed E-state index contributed by atoms with van der Waals surface area (Å²) in [6.07, 6.45) is 1.39. The molecule has 2 aromatic carbocycles. The van der Waals surface area contributed by atoms with E-state index in [2.05, 4.69) is 30.8 Å². The van der Waals surface area contributed by atoms with Crippen molar-refractivity contribution in [2.24, 2.45) is 5.10 Å². The number of ether oxygens (including phenoxy) is 1. The van der Waals surface area contributed by atoms with Crippen molar-refractivity contribution in [2.75, 3.05) is 41.9 Å². The molecule has 0 radical (unpaired) electrons. The molecule has 4 rings (SSSR count). The maximum absolute atomic E-state index is 10.9. The minimum atomic E-state index is -0.471. The Morgan fingerprint density at radius 2 is 1.85 bits per heavy atom. The second-order valence-corrected chi connectivity index (χ2v) is 7.32. The number of rotatable bonds is 7. The molecule has 3 N–H and O–H groups in total. The van der Waals surface area contributed by atoms with Crippen molar-refractivity contribution >= 4 is 47.0 Å². The van der Waals surface area contributed by atoms with Crippen LogP contribution in [0.25, 0.3) is 0 Å². The van der Waals surface area contributed by atoms with Gasteiger partial charge in [-0.25, -0.2) is 5.43 Å². The standard InChI is InChI=1S/C20H19ClN8O4/c21-14-1-6-17(30)13(11-14)12-22-27-19-24-18(23-15-2-4-16(5-3-15)29(31)32)25-20(26-19)28-7-9-33-10-8-28/h1-6,11-12,30H,7-10H2,(H2,23,24,25,26,27)/b22-12-. The molecular weight excluding hydrogens is 452 g/mol. The minimum absolute atomic E-state index is 0.0221. The van der Waals surface area contributed by atoms with Crippen molar-refractivity contribution in [1.82, 2.24) is 15.0 Å². The third-order valence-electron chi connectivity index (χ3n) is 4.61. The number of non-ortho nitro benzene ring substituents is 1. The Kier molecular flexibility index (Phi) is 6.76. The highest BCUT2D eigenvalue weighted by Crippen LogP contribution is 2.22. The lowest BCUT2D eigenvalue weighted by molar-refractivity contribution is -0.384. The normalized spacial score (nSPS) is 13.8. The number of phenolic OH excluding ortho intramolecular Hbond substituents is 1. The fraction of sp³-hybridized carbons (Fsp3) is 0.200. The number of nitro groups is 1. The van der Waals surface area contributed by atoms with E-state index in [0.29, 0.717) is 48.5 Å². The first-order valence-corrected chi connectivity index (χ1v) is 10.2. The monoisotopic (exact) mass is 470 g/mol. The van der Waals surface area contributed by atoms with Crippen LogP contribution in [0.4, 0.5) is 29.2 Å². The first kappa shape index (κ1) is 22.2. The first-order chi connectivity index (χ1) is 16.0. The Morgan fingerprint density at radius 1 is 1.12 bits per heavy atom. The van der Waals surface area contributed by atoms with Crippen LogP contribution in [-0.2, 0) is 4.74 Å². The lowest BCUT2D eigenvalue weighted by atomic mass is 10.2. The number of aromatic nitrogens is 3. The van der Waals surface area contributed by atoms with Gasteiger partial charge in [0.15, 0.2) is 0 Å². The molecule has 1 fully saturated rings. The van der Waals surface area contributed by atoms with Crippen molar-refractivity contribution in [2.45, 2.75) is 0 Å². The van der Waals surface area contributed by atoms with Gasteiger partial charge >= 0.3 is 0 Å². The van der Waals surface area contributed by atoms with Crippen LogP contribution in [0.3, 0.4) is 0 Å². The molecule has 0 atom stereocenters. The van der Waals surface area contributed by atoms with Gasteiger partial charge in [0.2, 0.25) is 17.8 Å². The fourth-order valence-corrected chi connectivity index (χ4v) is 3.14. The second kappa shape index (κ2) is 10.1. The van der Waals surface area contributed by atoms with E-state index < -0.39 is 4.92 Å². The molecule has 0 bridgehead atoms. The highest BCUT2D eigenvalue weighted by Gasteiger charge is 2.17. The average Bonchev–Trinajstić information content (AvgIpc) is 2.82. The van der Waals surface area contributed by atoms with E-state index in [1.165, 1.54) is 24.4 Å². The molecule has 2 heterocycles. The molecule has 0 saturated carbocycles. The van der Waals surface area contributed by atoms with E-state index in [9.17, 15) is 15.2 Å². The maximum Gasteiger partial charge on any atom is 0.269 e. The summed E-state index contributed by atoms with van der Waals surface area (Å²) in [5.41, 5.74) is 3.70. The number of hydrogen-bond donors (Lipinski definition) is 3. The van der Waals surface area contributed by atoms with Gasteiger partial charge in [-0.1, -0.05) is 11.6 Å². The Hall–Kier alpha value is -4.03. The SMILES string of the molecule is O=[N+]([O-])c1ccc(Nc2nc(N/N=C\c3cc(Cl)ccc3O)nc(N3CCOCC3)n2)cc1. The molecule has 3 aromatic rings. The molecular formula is C20H19ClN8O4. The number of benzene rings is 2. The number of halogens is 1. The smallest absolute Gasteiger partial charge is 0.269 e. The van der Waals surface area contributed by atoms with Gasteiger partial charge in [-0.2, -0.15) is 20.1 Å². The lowest BCUT2D eigenvalue weighted by Crippen LogP contribution is -2.37. The number of nitro benzene ring substituents is 1. The molecule has 12 nitrogen and oxygen atoms in total. The Balaban J connectivity index is 1.57. The minimum Gasteiger partial charge on any atom is -0.507 e. The van der Waals surface area contributed by atoms with Crippen LogP contribution in [0.5, 0.6) is 5.75 Å². The third kappa shape index (κ3) is 5.81. The van der Waals surface area contributed by atoms with Gasteiger partial charge < -0.3 is 20.1 Å². The second-order valence-electron chi connectivity index (χ2n) is 6.88. The highest BCUT2D eigenvalue weighted by atomic mass is 35.5. The zero-order chi connectivity index (χ0) is 23.2. The number of anilines is 4. The van der Waals surface area contributed by atoms with E-state index >= 15 is 0 Å². The number of nitrogens with zero attached hydrogens (tertiary/aromatic N) is 6. The van der Waals surface area contributed by atoms with Crippen LogP contribution in [0, 0.1) is 10.1 Å². The van der Waals surface area contributed by atoms with Crippen LogP contribution >= 0.6 is 11.6 Å². The zero-order valence-electron chi connectivity index (χ0n) is 17.2. The molecule has 170 valence electrons. The average molecular weight is 471 g/mol. The fourth-order valence-electron chi connectivity index (χ4n) is 2.96. The maximum atomic E-state index is 10.9. The predicted octanol–water partition coefficient (Wildman–Crippen LogP) is 3.17. The van der Waals surface area contributed by atoms with Crippen LogP contribution in [0.15, 0.2) is 47.6 Å². The van der Waals surface area contributed by atoms with Gasteiger partial charge in [0.1, 0.15) is 5.75 Å². The summed E-state index contributed by atoms with van der Waals surface area (Å²) < 4.78 is 5.39. The lowest BCUT2D eigenvalue weighted by Gasteiger charge is -2.27. The van der Waals surface area contributed by atoms with Gasteiger partial charge in [-0.15, -0.1) is 0 Å². The third-order valence-corrected chi connectivity index (χ3v) is 4.84. The summed E-state index contributed by atoms with van der Waals surface area (Å²) in [5.74, 6) is 0.827. The number of nitrogens with one attached hydrogen (secondary N) is 2. The highest BCUT2D eigenvalue weighted by molar-refractivity contribution is 6.30. The van der Waals surface area contributed by atoms with Crippen LogP contribution in [0.2, 0.25) is 5.02 Å². The predicted molar refractivity (Wildman–Crippen MR) is 124 cm³/mol. The molecule has 0 amide bonds. The number of hydrazone groups is 1. The van der Waals surface area contributed by atoms with Crippen LogP contribution < -0.4 is 15.6 Å². The topological polar surface area (TPSA) is 151 Å². The molecule has 1 saturated heterocycles. The van der Waals surface area contributed by atoms with Gasteiger partial charge in [0.05, 0.1) is 24.4 Å². The van der Waals surface area contributed by atoms with Crippen LogP contribution in [0.1, 0.15) is 5.56 Å². The van der Waals surface area contributed by atoms with E-state index in [1.807, 2.05) is 4.90 Å².